The van der Waals surface area contributed by atoms with Gasteiger partial charge in [0.15, 0.2) is 0 Å². The number of hydrogen-bond donors (Lipinski definition) is 3. The van der Waals surface area contributed by atoms with Crippen molar-refractivity contribution in [3.8, 4) is 0 Å². The van der Waals surface area contributed by atoms with Gasteiger partial charge in [-0.25, -0.2) is 9.97 Å². The molecule has 1 aliphatic rings. The maximum Gasteiger partial charge on any atom is 0.225 e. The number of benzene rings is 2. The number of nitrogens with two attached hydrogens (primary N) is 1. The lowest BCUT2D eigenvalue weighted by atomic mass is 9.66. The lowest BCUT2D eigenvalue weighted by molar-refractivity contribution is 0.0521. The first kappa shape index (κ1) is 30.7. The summed E-state index contributed by atoms with van der Waals surface area (Å²) in [5.74, 6) is 1.44. The predicted molar refractivity (Wildman–Crippen MR) is 162 cm³/mol. The number of rotatable bonds is 12. The van der Waals surface area contributed by atoms with Gasteiger partial charge < -0.3 is 16.4 Å². The van der Waals surface area contributed by atoms with Crippen molar-refractivity contribution in [1.82, 2.24) is 25.2 Å². The third-order valence-electron chi connectivity index (χ3n) is 8.00. The molecule has 1 fully saturated rings. The van der Waals surface area contributed by atoms with Gasteiger partial charge in [0.05, 0.1) is 6.54 Å². The van der Waals surface area contributed by atoms with Crippen LogP contribution in [-0.2, 0) is 17.6 Å². The molecule has 4 N–H and O–H groups in total. The zero-order chi connectivity index (χ0) is 28.0. The second-order valence-corrected chi connectivity index (χ2v) is 10.7. The Morgan fingerprint density at radius 2 is 1.44 bits per heavy atom. The molecule has 1 aromatic heterocycles. The fraction of sp³-hybridized carbons (Fsp3) is 0.531. The molecule has 0 aliphatic heterocycles. The zero-order valence-electron chi connectivity index (χ0n) is 24.5. The first-order chi connectivity index (χ1) is 19.0. The number of nitrogens with zero attached hydrogens (tertiary/aromatic N) is 4. The number of nitrogens with one attached hydrogen (secondary N) is 2. The molecule has 7 heteroatoms. The Kier molecular flexibility index (Phi) is 12.3. The third-order valence-corrected chi connectivity index (χ3v) is 8.00. The predicted octanol–water partition coefficient (Wildman–Crippen LogP) is 5.85. The molecule has 39 heavy (non-hydrogen) atoms. The van der Waals surface area contributed by atoms with Crippen LogP contribution in [0, 0.1) is 0 Å². The van der Waals surface area contributed by atoms with Gasteiger partial charge in [-0.1, -0.05) is 87.4 Å². The summed E-state index contributed by atoms with van der Waals surface area (Å²) in [4.78, 5) is 15.8. The van der Waals surface area contributed by atoms with Gasteiger partial charge in [-0.05, 0) is 70.3 Å². The van der Waals surface area contributed by atoms with Crippen LogP contribution >= 0.6 is 0 Å². The summed E-state index contributed by atoms with van der Waals surface area (Å²) in [5.41, 5.74) is 7.82. The standard InChI is InChI=1S/C28H38N6.C4H11N/c1-4-5-20-29-26-31-22-30-25(33-26)21-32-27(23-12-8-6-9-13-23)16-18-28(19-17-27,34(2)3)24-14-10-7-11-15-24;1-2-3-4-5/h6-15,22,32H,4-5,16-21H2,1-3H3,(H,29,30,31,33);2-5H2,1H3. The van der Waals surface area contributed by atoms with Gasteiger partial charge in [-0.2, -0.15) is 4.98 Å². The van der Waals surface area contributed by atoms with E-state index in [1.54, 1.807) is 6.33 Å². The fourth-order valence-electron chi connectivity index (χ4n) is 5.49. The highest BCUT2D eigenvalue weighted by atomic mass is 15.2. The highest BCUT2D eigenvalue weighted by molar-refractivity contribution is 5.31. The largest absolute Gasteiger partial charge is 0.354 e. The smallest absolute Gasteiger partial charge is 0.225 e. The molecule has 3 aromatic rings. The molecular weight excluding hydrogens is 482 g/mol. The Hall–Kier alpha value is -2.87. The summed E-state index contributed by atoms with van der Waals surface area (Å²) >= 11 is 0. The molecule has 0 saturated heterocycles. The summed E-state index contributed by atoms with van der Waals surface area (Å²) in [6.07, 6.45) is 10.5. The molecule has 1 saturated carbocycles. The second-order valence-electron chi connectivity index (χ2n) is 10.7. The molecule has 1 heterocycles. The minimum Gasteiger partial charge on any atom is -0.354 e. The van der Waals surface area contributed by atoms with Crippen molar-refractivity contribution < 1.29 is 0 Å². The molecule has 2 aromatic carbocycles. The fourth-order valence-corrected chi connectivity index (χ4v) is 5.49. The normalized spacial score (nSPS) is 20.8. The van der Waals surface area contributed by atoms with Crippen LogP contribution in [0.15, 0.2) is 67.0 Å². The maximum atomic E-state index is 5.14. The molecule has 0 bridgehead atoms. The molecule has 0 radical (unpaired) electrons. The average molecular weight is 532 g/mol. The van der Waals surface area contributed by atoms with E-state index >= 15 is 0 Å². The van der Waals surface area contributed by atoms with Crippen molar-refractivity contribution in [2.24, 2.45) is 5.73 Å². The summed E-state index contributed by atoms with van der Waals surface area (Å²) < 4.78 is 0. The quantitative estimate of drug-likeness (QED) is 0.253. The van der Waals surface area contributed by atoms with Gasteiger partial charge in [0.1, 0.15) is 12.2 Å². The third kappa shape index (κ3) is 8.31. The van der Waals surface area contributed by atoms with Crippen molar-refractivity contribution in [1.29, 1.82) is 0 Å². The van der Waals surface area contributed by atoms with E-state index in [1.807, 2.05) is 0 Å². The van der Waals surface area contributed by atoms with Crippen LogP contribution < -0.4 is 16.4 Å². The first-order valence-corrected chi connectivity index (χ1v) is 14.6. The van der Waals surface area contributed by atoms with E-state index in [2.05, 4.69) is 119 Å². The Morgan fingerprint density at radius 3 is 1.97 bits per heavy atom. The number of hydrogen-bond acceptors (Lipinski definition) is 7. The van der Waals surface area contributed by atoms with E-state index in [1.165, 1.54) is 24.0 Å². The van der Waals surface area contributed by atoms with Crippen molar-refractivity contribution >= 4 is 5.95 Å². The molecule has 0 unspecified atom stereocenters. The van der Waals surface area contributed by atoms with Gasteiger partial charge in [-0.3, -0.25) is 4.90 Å². The van der Waals surface area contributed by atoms with E-state index in [4.69, 9.17) is 5.73 Å². The van der Waals surface area contributed by atoms with E-state index in [0.717, 1.165) is 57.4 Å². The Bertz CT molecular complexity index is 1060. The minimum atomic E-state index is -0.113. The van der Waals surface area contributed by atoms with Crippen molar-refractivity contribution in [2.45, 2.75) is 82.8 Å². The maximum absolute atomic E-state index is 5.14. The van der Waals surface area contributed by atoms with Gasteiger partial charge in [0.25, 0.3) is 0 Å². The van der Waals surface area contributed by atoms with Crippen LogP contribution in [0.5, 0.6) is 0 Å². The van der Waals surface area contributed by atoms with Crippen LogP contribution in [0.25, 0.3) is 0 Å². The lowest BCUT2D eigenvalue weighted by Gasteiger charge is -2.50. The zero-order valence-corrected chi connectivity index (χ0v) is 24.5. The van der Waals surface area contributed by atoms with Crippen LogP contribution in [0.2, 0.25) is 0 Å². The molecule has 0 atom stereocenters. The summed E-state index contributed by atoms with van der Waals surface area (Å²) in [7, 11) is 4.43. The number of aromatic nitrogens is 3. The minimum absolute atomic E-state index is 0.0464. The van der Waals surface area contributed by atoms with E-state index in [0.29, 0.717) is 12.5 Å². The molecule has 0 spiro atoms. The van der Waals surface area contributed by atoms with Gasteiger partial charge in [0.2, 0.25) is 5.95 Å². The molecule has 4 rings (SSSR count). The van der Waals surface area contributed by atoms with Crippen LogP contribution in [-0.4, -0.2) is 47.0 Å². The monoisotopic (exact) mass is 531 g/mol. The first-order valence-electron chi connectivity index (χ1n) is 14.6. The summed E-state index contributed by atoms with van der Waals surface area (Å²) in [6.45, 7) is 6.65. The van der Waals surface area contributed by atoms with E-state index < -0.39 is 0 Å². The molecule has 1 aliphatic carbocycles. The summed E-state index contributed by atoms with van der Waals surface area (Å²) in [5, 5.41) is 7.20. The molecule has 212 valence electrons. The van der Waals surface area contributed by atoms with Gasteiger partial charge >= 0.3 is 0 Å². The molecular formula is C32H49N7. The Morgan fingerprint density at radius 1 is 0.821 bits per heavy atom. The van der Waals surface area contributed by atoms with E-state index in [9.17, 15) is 0 Å². The Labute approximate surface area is 236 Å². The number of unbranched alkanes of at least 4 members (excludes halogenated alkanes) is 2. The average Bonchev–Trinajstić information content (AvgIpc) is 2.98. The molecule has 7 nitrogen and oxygen atoms in total. The van der Waals surface area contributed by atoms with Crippen LogP contribution in [0.1, 0.15) is 82.2 Å². The van der Waals surface area contributed by atoms with Gasteiger partial charge in [-0.15, -0.1) is 0 Å². The van der Waals surface area contributed by atoms with Crippen LogP contribution in [0.4, 0.5) is 5.95 Å². The highest BCUT2D eigenvalue weighted by Crippen LogP contribution is 2.48. The van der Waals surface area contributed by atoms with Crippen molar-refractivity contribution in [3.63, 3.8) is 0 Å². The Balaban J connectivity index is 0.000000771. The highest BCUT2D eigenvalue weighted by Gasteiger charge is 2.45. The van der Waals surface area contributed by atoms with Crippen LogP contribution in [0.3, 0.4) is 0 Å². The number of anilines is 1. The lowest BCUT2D eigenvalue weighted by Crippen LogP contribution is -2.52. The summed E-state index contributed by atoms with van der Waals surface area (Å²) in [6, 6.07) is 21.9. The van der Waals surface area contributed by atoms with Gasteiger partial charge in [0, 0.05) is 17.6 Å². The van der Waals surface area contributed by atoms with Crippen molar-refractivity contribution in [3.05, 3.63) is 83.9 Å². The molecule has 0 amide bonds. The second kappa shape index (κ2) is 15.7. The SMILES string of the molecule is CCCCN.CCCCNc1ncnc(CNC2(c3ccccc3)CCC(c3ccccc3)(N(C)C)CC2)n1. The van der Waals surface area contributed by atoms with Crippen molar-refractivity contribution in [2.75, 3.05) is 32.5 Å². The van der Waals surface area contributed by atoms with E-state index in [-0.39, 0.29) is 11.1 Å². The topological polar surface area (TPSA) is 92.0 Å².